The molecule has 160 valence electrons. The molecule has 3 aromatic rings. The molecule has 0 saturated carbocycles. The van der Waals surface area contributed by atoms with Crippen molar-refractivity contribution < 1.29 is 23.8 Å². The molecule has 4 rings (SSSR count). The van der Waals surface area contributed by atoms with Gasteiger partial charge in [-0.3, -0.25) is 9.59 Å². The van der Waals surface area contributed by atoms with Gasteiger partial charge in [0.05, 0.1) is 29.2 Å². The average molecular weight is 421 g/mol. The molecule has 1 aliphatic heterocycles. The molecule has 0 saturated heterocycles. The number of nitrogens with one attached hydrogen (secondary N) is 1. The van der Waals surface area contributed by atoms with E-state index >= 15 is 0 Å². The van der Waals surface area contributed by atoms with E-state index in [1.807, 2.05) is 44.2 Å². The van der Waals surface area contributed by atoms with Crippen molar-refractivity contribution in [3.8, 4) is 17.2 Å². The van der Waals surface area contributed by atoms with Crippen LogP contribution in [0.3, 0.4) is 0 Å². The summed E-state index contributed by atoms with van der Waals surface area (Å²) in [5.74, 6) is 0.342. The first-order valence-electron chi connectivity index (χ1n) is 9.97. The second-order valence-electron chi connectivity index (χ2n) is 7.16. The van der Waals surface area contributed by atoms with Crippen LogP contribution in [0.5, 0.6) is 11.5 Å². The van der Waals surface area contributed by atoms with Crippen molar-refractivity contribution in [1.29, 1.82) is 0 Å². The zero-order chi connectivity index (χ0) is 21.8. The second-order valence-corrected chi connectivity index (χ2v) is 7.16. The highest BCUT2D eigenvalue weighted by Crippen LogP contribution is 2.31. The summed E-state index contributed by atoms with van der Waals surface area (Å²) < 4.78 is 17.9. The van der Waals surface area contributed by atoms with Crippen LogP contribution in [0.4, 0.5) is 5.69 Å². The molecule has 8 heteroatoms. The van der Waals surface area contributed by atoms with Gasteiger partial charge in [0.1, 0.15) is 13.2 Å². The standard InChI is InChI=1S/C23H23N3O5/c1-15-23(16(2)26(25-15)18-6-4-3-5-7-18)24-21(27)14-31-22(28)13-17-8-9-19-20(12-17)30-11-10-29-19/h3-9,12H,10-11,13-14H2,1-2H3,(H,24,27). The lowest BCUT2D eigenvalue weighted by Crippen LogP contribution is -2.22. The molecular formula is C23H23N3O5. The molecule has 1 amide bonds. The number of amides is 1. The molecular weight excluding hydrogens is 398 g/mol. The highest BCUT2D eigenvalue weighted by Gasteiger charge is 2.17. The Bertz CT molecular complexity index is 1110. The van der Waals surface area contributed by atoms with E-state index in [1.54, 1.807) is 22.9 Å². The Labute approximate surface area is 179 Å². The summed E-state index contributed by atoms with van der Waals surface area (Å²) in [5, 5.41) is 7.28. The monoisotopic (exact) mass is 421 g/mol. The lowest BCUT2D eigenvalue weighted by molar-refractivity contribution is -0.146. The molecule has 0 spiro atoms. The molecule has 0 fully saturated rings. The highest BCUT2D eigenvalue weighted by atomic mass is 16.6. The minimum Gasteiger partial charge on any atom is -0.486 e. The number of carbonyl (C=O) groups excluding carboxylic acids is 2. The number of anilines is 1. The van der Waals surface area contributed by atoms with Crippen molar-refractivity contribution in [3.63, 3.8) is 0 Å². The number of para-hydroxylation sites is 1. The number of rotatable bonds is 6. The third-order valence-corrected chi connectivity index (χ3v) is 4.88. The van der Waals surface area contributed by atoms with Crippen LogP contribution in [0.1, 0.15) is 17.0 Å². The SMILES string of the molecule is Cc1nn(-c2ccccc2)c(C)c1NC(=O)COC(=O)Cc1ccc2c(c1)OCCO2. The van der Waals surface area contributed by atoms with E-state index in [0.717, 1.165) is 16.9 Å². The number of carbonyl (C=O) groups is 2. The number of aryl methyl sites for hydroxylation is 1. The van der Waals surface area contributed by atoms with Gasteiger partial charge in [-0.15, -0.1) is 0 Å². The van der Waals surface area contributed by atoms with Crippen LogP contribution in [-0.2, 0) is 20.7 Å². The number of fused-ring (bicyclic) bond motifs is 1. The molecule has 0 radical (unpaired) electrons. The average Bonchev–Trinajstić information content (AvgIpc) is 3.06. The number of hydrogen-bond acceptors (Lipinski definition) is 6. The zero-order valence-corrected chi connectivity index (χ0v) is 17.4. The highest BCUT2D eigenvalue weighted by molar-refractivity contribution is 5.94. The smallest absolute Gasteiger partial charge is 0.310 e. The fourth-order valence-corrected chi connectivity index (χ4v) is 3.38. The van der Waals surface area contributed by atoms with Gasteiger partial charge in [-0.25, -0.2) is 4.68 Å². The van der Waals surface area contributed by atoms with Crippen LogP contribution < -0.4 is 14.8 Å². The molecule has 0 atom stereocenters. The van der Waals surface area contributed by atoms with Gasteiger partial charge in [0.15, 0.2) is 18.1 Å². The predicted molar refractivity (Wildman–Crippen MR) is 114 cm³/mol. The summed E-state index contributed by atoms with van der Waals surface area (Å²) in [6, 6.07) is 14.9. The van der Waals surface area contributed by atoms with Gasteiger partial charge in [0.2, 0.25) is 0 Å². The van der Waals surface area contributed by atoms with Gasteiger partial charge in [0.25, 0.3) is 5.91 Å². The lowest BCUT2D eigenvalue weighted by atomic mass is 10.1. The Balaban J connectivity index is 1.33. The van der Waals surface area contributed by atoms with Gasteiger partial charge in [0, 0.05) is 0 Å². The van der Waals surface area contributed by atoms with Gasteiger partial charge in [-0.2, -0.15) is 5.10 Å². The van der Waals surface area contributed by atoms with Crippen LogP contribution in [0.25, 0.3) is 5.69 Å². The molecule has 31 heavy (non-hydrogen) atoms. The zero-order valence-electron chi connectivity index (χ0n) is 17.4. The number of ether oxygens (including phenoxy) is 3. The fraction of sp³-hybridized carbons (Fsp3) is 0.261. The third kappa shape index (κ3) is 4.69. The Morgan fingerprint density at radius 1 is 1.06 bits per heavy atom. The number of hydrogen-bond donors (Lipinski definition) is 1. The Morgan fingerprint density at radius 2 is 1.81 bits per heavy atom. The Morgan fingerprint density at radius 3 is 2.58 bits per heavy atom. The molecule has 0 aliphatic carbocycles. The van der Waals surface area contributed by atoms with Crippen molar-refractivity contribution in [3.05, 3.63) is 65.5 Å². The first-order chi connectivity index (χ1) is 15.0. The van der Waals surface area contributed by atoms with Crippen molar-refractivity contribution >= 4 is 17.6 Å². The summed E-state index contributed by atoms with van der Waals surface area (Å²) in [6.45, 7) is 4.29. The maximum atomic E-state index is 12.3. The van der Waals surface area contributed by atoms with Crippen molar-refractivity contribution in [2.24, 2.45) is 0 Å². The minimum atomic E-state index is -0.500. The van der Waals surface area contributed by atoms with E-state index in [1.165, 1.54) is 0 Å². The number of benzene rings is 2. The van der Waals surface area contributed by atoms with Gasteiger partial charge in [-0.1, -0.05) is 24.3 Å². The molecule has 8 nitrogen and oxygen atoms in total. The summed E-state index contributed by atoms with van der Waals surface area (Å²) in [6.07, 6.45) is 0.0356. The molecule has 1 aromatic heterocycles. The van der Waals surface area contributed by atoms with E-state index in [0.29, 0.717) is 36.1 Å². The quantitative estimate of drug-likeness (QED) is 0.616. The fourth-order valence-electron chi connectivity index (χ4n) is 3.38. The summed E-state index contributed by atoms with van der Waals surface area (Å²) in [5.41, 5.74) is 3.70. The largest absolute Gasteiger partial charge is 0.486 e. The van der Waals surface area contributed by atoms with E-state index in [4.69, 9.17) is 14.2 Å². The van der Waals surface area contributed by atoms with Gasteiger partial charge < -0.3 is 19.5 Å². The first kappa shape index (κ1) is 20.5. The predicted octanol–water partition coefficient (Wildman–Crippen LogP) is 2.98. The lowest BCUT2D eigenvalue weighted by Gasteiger charge is -2.18. The number of nitrogens with zero attached hydrogens (tertiary/aromatic N) is 2. The number of esters is 1. The van der Waals surface area contributed by atoms with Crippen LogP contribution >= 0.6 is 0 Å². The van der Waals surface area contributed by atoms with Gasteiger partial charge >= 0.3 is 5.97 Å². The van der Waals surface area contributed by atoms with Crippen LogP contribution in [-0.4, -0.2) is 41.5 Å². The Kier molecular flexibility index (Phi) is 5.88. The van der Waals surface area contributed by atoms with E-state index in [-0.39, 0.29) is 13.0 Å². The first-order valence-corrected chi connectivity index (χ1v) is 9.97. The van der Waals surface area contributed by atoms with Crippen LogP contribution in [0.15, 0.2) is 48.5 Å². The summed E-state index contributed by atoms with van der Waals surface area (Å²) in [4.78, 5) is 24.5. The second kappa shape index (κ2) is 8.91. The van der Waals surface area contributed by atoms with Crippen molar-refractivity contribution in [1.82, 2.24) is 9.78 Å². The van der Waals surface area contributed by atoms with Crippen LogP contribution in [0, 0.1) is 13.8 Å². The molecule has 1 aliphatic rings. The molecule has 0 unspecified atom stereocenters. The molecule has 2 heterocycles. The van der Waals surface area contributed by atoms with E-state index < -0.39 is 11.9 Å². The van der Waals surface area contributed by atoms with Gasteiger partial charge in [-0.05, 0) is 43.7 Å². The molecule has 1 N–H and O–H groups in total. The minimum absolute atomic E-state index is 0.0356. The topological polar surface area (TPSA) is 91.7 Å². The maximum absolute atomic E-state index is 12.3. The number of aromatic nitrogens is 2. The Hall–Kier alpha value is -3.81. The maximum Gasteiger partial charge on any atom is 0.310 e. The van der Waals surface area contributed by atoms with E-state index in [2.05, 4.69) is 10.4 Å². The molecule has 0 bridgehead atoms. The van der Waals surface area contributed by atoms with Crippen LogP contribution in [0.2, 0.25) is 0 Å². The summed E-state index contributed by atoms with van der Waals surface area (Å²) in [7, 11) is 0. The van der Waals surface area contributed by atoms with Crippen molar-refractivity contribution in [2.45, 2.75) is 20.3 Å². The van der Waals surface area contributed by atoms with E-state index in [9.17, 15) is 9.59 Å². The molecule has 2 aromatic carbocycles. The summed E-state index contributed by atoms with van der Waals surface area (Å²) >= 11 is 0. The third-order valence-electron chi connectivity index (χ3n) is 4.88. The normalized spacial score (nSPS) is 12.3. The van der Waals surface area contributed by atoms with Crippen molar-refractivity contribution in [2.75, 3.05) is 25.1 Å².